The highest BCUT2D eigenvalue weighted by Gasteiger charge is 2.29. The van der Waals surface area contributed by atoms with Gasteiger partial charge in [-0.2, -0.15) is 0 Å². The fourth-order valence-corrected chi connectivity index (χ4v) is 5.13. The number of rotatable bonds is 7. The summed E-state index contributed by atoms with van der Waals surface area (Å²) in [7, 11) is 1.82. The molecule has 184 valence electrons. The maximum absolute atomic E-state index is 12.6. The number of carboxylic acids is 1. The van der Waals surface area contributed by atoms with Crippen molar-refractivity contribution < 1.29 is 24.2 Å². The normalized spacial score (nSPS) is 20.8. The highest BCUT2D eigenvalue weighted by Crippen LogP contribution is 2.32. The van der Waals surface area contributed by atoms with Crippen molar-refractivity contribution in [3.63, 3.8) is 0 Å². The number of nitrogens with zero attached hydrogens (tertiary/aromatic N) is 2. The van der Waals surface area contributed by atoms with Crippen LogP contribution in [0, 0.1) is 19.8 Å². The number of hydrogen-bond donors (Lipinski definition) is 2. The third-order valence-corrected chi connectivity index (χ3v) is 7.29. The summed E-state index contributed by atoms with van der Waals surface area (Å²) in [5.41, 5.74) is 4.26. The number of aromatic amines is 1. The molecule has 0 saturated heterocycles. The summed E-state index contributed by atoms with van der Waals surface area (Å²) in [5, 5.41) is 9.33. The molecule has 0 radical (unpaired) electrons. The molecule has 2 aliphatic rings. The van der Waals surface area contributed by atoms with Gasteiger partial charge in [-0.05, 0) is 64.5 Å². The number of aliphatic carboxylic acids is 1. The van der Waals surface area contributed by atoms with Crippen LogP contribution >= 0.6 is 0 Å². The van der Waals surface area contributed by atoms with Crippen LogP contribution in [0.5, 0.6) is 5.75 Å². The molecule has 2 fully saturated rings. The molecule has 8 nitrogen and oxygen atoms in total. The maximum Gasteiger partial charge on any atom is 0.410 e. The number of carbonyl (C=O) groups is 2. The van der Waals surface area contributed by atoms with E-state index in [-0.39, 0.29) is 30.8 Å². The van der Waals surface area contributed by atoms with Gasteiger partial charge in [0.15, 0.2) is 0 Å². The molecule has 2 aromatic heterocycles. The highest BCUT2D eigenvalue weighted by molar-refractivity contribution is 5.70. The lowest BCUT2D eigenvalue weighted by Gasteiger charge is -2.27. The molecule has 0 aromatic carbocycles. The summed E-state index contributed by atoms with van der Waals surface area (Å²) in [6, 6.07) is 4.07. The molecule has 34 heavy (non-hydrogen) atoms. The number of aromatic nitrogens is 2. The van der Waals surface area contributed by atoms with Gasteiger partial charge < -0.3 is 24.5 Å². The largest absolute Gasteiger partial charge is 0.489 e. The summed E-state index contributed by atoms with van der Waals surface area (Å²) in [4.78, 5) is 33.6. The molecular formula is C26H35N3O5. The van der Waals surface area contributed by atoms with Crippen molar-refractivity contribution in [3.8, 4) is 17.0 Å². The second-order valence-corrected chi connectivity index (χ2v) is 9.63. The highest BCUT2D eigenvalue weighted by atomic mass is 16.6. The van der Waals surface area contributed by atoms with Crippen molar-refractivity contribution >= 4 is 12.1 Å². The first kappa shape index (κ1) is 24.1. The van der Waals surface area contributed by atoms with Crippen LogP contribution in [-0.4, -0.2) is 51.2 Å². The Morgan fingerprint density at radius 1 is 1.15 bits per heavy atom. The molecule has 2 saturated carbocycles. The lowest BCUT2D eigenvalue weighted by molar-refractivity contribution is -0.143. The van der Waals surface area contributed by atoms with Crippen LogP contribution < -0.4 is 4.74 Å². The second kappa shape index (κ2) is 10.5. The van der Waals surface area contributed by atoms with Gasteiger partial charge in [-0.1, -0.05) is 12.8 Å². The van der Waals surface area contributed by atoms with Gasteiger partial charge in [0, 0.05) is 36.1 Å². The predicted molar refractivity (Wildman–Crippen MR) is 128 cm³/mol. The summed E-state index contributed by atoms with van der Waals surface area (Å²) < 4.78 is 11.8. The van der Waals surface area contributed by atoms with Gasteiger partial charge >= 0.3 is 12.1 Å². The zero-order valence-electron chi connectivity index (χ0n) is 20.3. The van der Waals surface area contributed by atoms with E-state index in [1.54, 1.807) is 4.90 Å². The van der Waals surface area contributed by atoms with E-state index in [0.29, 0.717) is 18.6 Å². The van der Waals surface area contributed by atoms with Crippen molar-refractivity contribution in [3.05, 3.63) is 35.3 Å². The number of aryl methyl sites for hydroxylation is 2. The van der Waals surface area contributed by atoms with E-state index in [2.05, 4.69) is 4.98 Å². The van der Waals surface area contributed by atoms with E-state index >= 15 is 0 Å². The molecule has 2 heterocycles. The Balaban J connectivity index is 1.43. The number of carbonyl (C=O) groups excluding carboxylic acids is 1. The second-order valence-electron chi connectivity index (χ2n) is 9.63. The van der Waals surface area contributed by atoms with Crippen LogP contribution in [0.2, 0.25) is 0 Å². The SMILES string of the molecule is Cc1nc(-c2c[nH]c(C)c2COC(=O)N(C)C2CCCC2)ccc1O[C@H]1CCC[C@H](C(=O)O)C1. The number of carboxylic acid groups (broad SMARTS) is 1. The van der Waals surface area contributed by atoms with Crippen LogP contribution in [0.25, 0.3) is 11.3 Å². The molecule has 0 unspecified atom stereocenters. The minimum Gasteiger partial charge on any atom is -0.489 e. The monoisotopic (exact) mass is 469 g/mol. The Labute approximate surface area is 200 Å². The molecule has 2 aliphatic carbocycles. The number of amides is 1. The van der Waals surface area contributed by atoms with Crippen molar-refractivity contribution in [1.29, 1.82) is 0 Å². The zero-order valence-corrected chi connectivity index (χ0v) is 20.3. The maximum atomic E-state index is 12.6. The molecule has 2 atom stereocenters. The Hall–Kier alpha value is -3.03. The van der Waals surface area contributed by atoms with Crippen molar-refractivity contribution in [2.45, 2.75) is 84.0 Å². The lowest BCUT2D eigenvalue weighted by Crippen LogP contribution is -2.35. The van der Waals surface area contributed by atoms with E-state index in [1.165, 1.54) is 0 Å². The van der Waals surface area contributed by atoms with E-state index < -0.39 is 5.97 Å². The predicted octanol–water partition coefficient (Wildman–Crippen LogP) is 5.23. The minimum atomic E-state index is -0.746. The summed E-state index contributed by atoms with van der Waals surface area (Å²) in [6.07, 6.45) is 8.83. The first-order valence-corrected chi connectivity index (χ1v) is 12.3. The summed E-state index contributed by atoms with van der Waals surface area (Å²) >= 11 is 0. The molecule has 4 rings (SSSR count). The average Bonchev–Trinajstić information content (AvgIpc) is 3.48. The molecule has 2 aromatic rings. The van der Waals surface area contributed by atoms with Gasteiger partial charge in [-0.15, -0.1) is 0 Å². The van der Waals surface area contributed by atoms with Crippen LogP contribution in [0.15, 0.2) is 18.3 Å². The molecule has 8 heteroatoms. The molecular weight excluding hydrogens is 434 g/mol. The molecule has 0 bridgehead atoms. The van der Waals surface area contributed by atoms with Crippen LogP contribution in [0.1, 0.15) is 68.3 Å². The number of H-pyrrole nitrogens is 1. The van der Waals surface area contributed by atoms with E-state index in [1.807, 2.05) is 39.2 Å². The molecule has 0 spiro atoms. The van der Waals surface area contributed by atoms with E-state index in [0.717, 1.165) is 66.7 Å². The quantitative estimate of drug-likeness (QED) is 0.576. The average molecular weight is 470 g/mol. The first-order chi connectivity index (χ1) is 16.3. The van der Waals surface area contributed by atoms with Gasteiger partial charge in [-0.25, -0.2) is 9.78 Å². The summed E-state index contributed by atoms with van der Waals surface area (Å²) in [5.74, 6) is -0.408. The molecule has 2 N–H and O–H groups in total. The lowest BCUT2D eigenvalue weighted by atomic mass is 9.87. The Kier molecular flexibility index (Phi) is 7.44. The molecule has 0 aliphatic heterocycles. The van der Waals surface area contributed by atoms with E-state index in [4.69, 9.17) is 14.5 Å². The summed E-state index contributed by atoms with van der Waals surface area (Å²) in [6.45, 7) is 4.03. The standard InChI is InChI=1S/C26H35N3O5/c1-16-22(15-33-26(32)29(3)19-8-4-5-9-19)21(14-27-16)23-11-12-24(17(2)28-23)34-20-10-6-7-18(13-20)25(30)31/h11-12,14,18-20,27H,4-10,13,15H2,1-3H3,(H,30,31)/t18-,20-/m0/s1. The Bertz CT molecular complexity index is 1030. The van der Waals surface area contributed by atoms with E-state index in [9.17, 15) is 14.7 Å². The third kappa shape index (κ3) is 5.37. The Morgan fingerprint density at radius 2 is 1.91 bits per heavy atom. The van der Waals surface area contributed by atoms with Crippen molar-refractivity contribution in [2.75, 3.05) is 7.05 Å². The number of nitrogens with one attached hydrogen (secondary N) is 1. The fraction of sp³-hybridized carbons (Fsp3) is 0.577. The van der Waals surface area contributed by atoms with Crippen LogP contribution in [0.4, 0.5) is 4.79 Å². The van der Waals surface area contributed by atoms with Crippen LogP contribution in [0.3, 0.4) is 0 Å². The van der Waals surface area contributed by atoms with Crippen molar-refractivity contribution in [2.24, 2.45) is 5.92 Å². The van der Waals surface area contributed by atoms with Gasteiger partial charge in [-0.3, -0.25) is 4.79 Å². The van der Waals surface area contributed by atoms with Gasteiger partial charge in [0.2, 0.25) is 0 Å². The topological polar surface area (TPSA) is 105 Å². The third-order valence-electron chi connectivity index (χ3n) is 7.29. The smallest absolute Gasteiger partial charge is 0.410 e. The van der Waals surface area contributed by atoms with Gasteiger partial charge in [0.25, 0.3) is 0 Å². The first-order valence-electron chi connectivity index (χ1n) is 12.3. The Morgan fingerprint density at radius 3 is 2.62 bits per heavy atom. The minimum absolute atomic E-state index is 0.109. The number of ether oxygens (including phenoxy) is 2. The fourth-order valence-electron chi connectivity index (χ4n) is 5.13. The number of hydrogen-bond acceptors (Lipinski definition) is 5. The van der Waals surface area contributed by atoms with Crippen molar-refractivity contribution in [1.82, 2.24) is 14.9 Å². The van der Waals surface area contributed by atoms with Crippen LogP contribution in [-0.2, 0) is 16.1 Å². The molecule has 1 amide bonds. The zero-order chi connectivity index (χ0) is 24.2. The van der Waals surface area contributed by atoms with Gasteiger partial charge in [0.05, 0.1) is 23.4 Å². The number of pyridine rings is 1. The van der Waals surface area contributed by atoms with Gasteiger partial charge in [0.1, 0.15) is 12.4 Å².